The molecule has 0 saturated carbocycles. The molecule has 0 fully saturated rings. The second kappa shape index (κ2) is 1.98. The fourth-order valence-electron chi connectivity index (χ4n) is 0. The van der Waals surface area contributed by atoms with Crippen LogP contribution >= 0.6 is 8.46 Å². The topological polar surface area (TPSA) is 0 Å². The van der Waals surface area contributed by atoms with Crippen molar-refractivity contribution in [2.24, 2.45) is 0 Å². The van der Waals surface area contributed by atoms with Crippen LogP contribution in [0.15, 0.2) is 0 Å². The summed E-state index contributed by atoms with van der Waals surface area (Å²) >= 11 is 0. The summed E-state index contributed by atoms with van der Waals surface area (Å²) in [6.07, 6.45) is 0. The molecule has 0 heterocycles. The molecule has 0 rings (SSSR count). The third kappa shape index (κ3) is 4.49. The van der Waals surface area contributed by atoms with E-state index in [1.165, 1.54) is 7.53 Å². The summed E-state index contributed by atoms with van der Waals surface area (Å²) in [6, 6.07) is 0. The van der Waals surface area contributed by atoms with Crippen molar-refractivity contribution in [1.29, 1.82) is 1.34 Å². The van der Waals surface area contributed by atoms with Crippen LogP contribution in [0.4, 0.5) is 0 Å². The Kier molecular flexibility index (Phi) is 1.53. The molecule has 2 heteroatoms. The average molecular weight is 102 g/mol. The summed E-state index contributed by atoms with van der Waals surface area (Å²) in [5.74, 6) is 0. The highest BCUT2D eigenvalue weighted by Gasteiger charge is 2.02. The van der Waals surface area contributed by atoms with Gasteiger partial charge >= 0.3 is 0 Å². The molecule has 0 aliphatic heterocycles. The van der Waals surface area contributed by atoms with Crippen molar-refractivity contribution in [3.05, 3.63) is 0 Å². The van der Waals surface area contributed by atoms with E-state index in [0.29, 0.717) is 13.6 Å². The molecule has 0 nitrogen and oxygen atoms in total. The number of hydrogen-bond donors (Lipinski definition) is 0. The van der Waals surface area contributed by atoms with Gasteiger partial charge in [-0.3, -0.25) is 0 Å². The van der Waals surface area contributed by atoms with Gasteiger partial charge in [-0.1, -0.05) is 20.8 Å². The Morgan fingerprint density at radius 2 is 2.17 bits per heavy atom. The quantitative estimate of drug-likeness (QED) is 0.345. The Hall–Kier alpha value is 0.495. The van der Waals surface area contributed by atoms with E-state index in [0.717, 1.165) is 0 Å². The minimum absolute atomic E-state index is 0.335. The SMILES string of the molecule is [2H][B]PC(C)(C)C. The summed E-state index contributed by atoms with van der Waals surface area (Å²) in [5, 5.41) is 0.335. The molecule has 35 valence electrons. The molecule has 0 N–H and O–H groups in total. The third-order valence-corrected chi connectivity index (χ3v) is 1.30. The first-order chi connectivity index (χ1) is 3.06. The van der Waals surface area contributed by atoms with Gasteiger partial charge in [0.1, 0.15) is 7.53 Å². The average Bonchev–Trinajstić information content (AvgIpc) is 1.30. The van der Waals surface area contributed by atoms with Crippen molar-refractivity contribution in [1.82, 2.24) is 0 Å². The zero-order valence-electron chi connectivity index (χ0n) is 5.58. The molecule has 1 atom stereocenters. The lowest BCUT2D eigenvalue weighted by atomic mass is 10.3. The summed E-state index contributed by atoms with van der Waals surface area (Å²) < 4.78 is 6.75. The molecule has 0 amide bonds. The molecule has 0 aromatic rings. The van der Waals surface area contributed by atoms with Gasteiger partial charge in [0.2, 0.25) is 0 Å². The van der Waals surface area contributed by atoms with Crippen molar-refractivity contribution in [2.45, 2.75) is 25.9 Å². The van der Waals surface area contributed by atoms with E-state index < -0.39 is 0 Å². The molecule has 6 heavy (non-hydrogen) atoms. The maximum Gasteiger partial charge on any atom is 0.121 e. The van der Waals surface area contributed by atoms with Gasteiger partial charge in [0.15, 0.2) is 0 Å². The Morgan fingerprint density at radius 1 is 1.67 bits per heavy atom. The molecule has 0 spiro atoms. The van der Waals surface area contributed by atoms with Crippen LogP contribution in [0.1, 0.15) is 20.8 Å². The first kappa shape index (κ1) is 4.65. The standard InChI is InChI=1S/C4H11BP/c1-4(2,3)6-5/h5-6H,1-3H3/i5D. The predicted molar refractivity (Wildman–Crippen MR) is 35.2 cm³/mol. The van der Waals surface area contributed by atoms with Gasteiger partial charge in [-0.05, 0) is 6.49 Å². The fraction of sp³-hybridized carbons (Fsp3) is 1.00. The van der Waals surface area contributed by atoms with Crippen LogP contribution in [-0.4, -0.2) is 14.0 Å². The van der Waals surface area contributed by atoms with E-state index in [-0.39, 0.29) is 0 Å². The zero-order valence-corrected chi connectivity index (χ0v) is 5.58. The minimum atomic E-state index is 0.335. The van der Waals surface area contributed by atoms with E-state index >= 15 is 0 Å². The van der Waals surface area contributed by atoms with Gasteiger partial charge in [0.05, 0.1) is 0 Å². The Bertz CT molecular complexity index is 50.1. The van der Waals surface area contributed by atoms with Crippen LogP contribution in [0.3, 0.4) is 0 Å². The second-order valence-electron chi connectivity index (χ2n) is 2.39. The maximum absolute atomic E-state index is 6.75. The third-order valence-electron chi connectivity index (χ3n) is 0.433. The Morgan fingerprint density at radius 3 is 2.17 bits per heavy atom. The van der Waals surface area contributed by atoms with Gasteiger partial charge in [-0.15, -0.1) is 0 Å². The van der Waals surface area contributed by atoms with Crippen molar-refractivity contribution in [2.75, 3.05) is 0 Å². The maximum atomic E-state index is 6.75. The van der Waals surface area contributed by atoms with Crippen molar-refractivity contribution < 1.29 is 0 Å². The van der Waals surface area contributed by atoms with Crippen molar-refractivity contribution >= 4 is 16.0 Å². The lowest BCUT2D eigenvalue weighted by molar-refractivity contribution is 0.801. The highest BCUT2D eigenvalue weighted by atomic mass is 31.1. The van der Waals surface area contributed by atoms with E-state index in [4.69, 9.17) is 1.34 Å². The summed E-state index contributed by atoms with van der Waals surface area (Å²) in [7, 11) is 2.15. The Balaban J connectivity index is 3.15. The summed E-state index contributed by atoms with van der Waals surface area (Å²) in [4.78, 5) is 0. The number of rotatable bonds is 1. The highest BCUT2D eigenvalue weighted by Crippen LogP contribution is 2.24. The van der Waals surface area contributed by atoms with E-state index in [2.05, 4.69) is 20.8 Å². The summed E-state index contributed by atoms with van der Waals surface area (Å²) in [5.41, 5.74) is 0. The van der Waals surface area contributed by atoms with Crippen LogP contribution in [0.2, 0.25) is 0 Å². The monoisotopic (exact) mass is 102 g/mol. The second-order valence-corrected chi connectivity index (χ2v) is 4.18. The lowest BCUT2D eigenvalue weighted by Crippen LogP contribution is -2.02. The van der Waals surface area contributed by atoms with Crippen molar-refractivity contribution in [3.63, 3.8) is 0 Å². The lowest BCUT2D eigenvalue weighted by Gasteiger charge is -2.13. The van der Waals surface area contributed by atoms with Gasteiger partial charge in [-0.2, -0.15) is 8.46 Å². The van der Waals surface area contributed by atoms with Gasteiger partial charge in [0.25, 0.3) is 0 Å². The van der Waals surface area contributed by atoms with Crippen LogP contribution in [0.25, 0.3) is 0 Å². The molecule has 0 aromatic carbocycles. The molecule has 0 aliphatic carbocycles. The van der Waals surface area contributed by atoms with Crippen LogP contribution in [0.5, 0.6) is 0 Å². The van der Waals surface area contributed by atoms with Crippen LogP contribution < -0.4 is 0 Å². The van der Waals surface area contributed by atoms with Gasteiger partial charge in [-0.25, -0.2) is 0 Å². The van der Waals surface area contributed by atoms with Gasteiger partial charge in [0, 0.05) is 0 Å². The van der Waals surface area contributed by atoms with E-state index in [1.54, 1.807) is 0 Å². The molecule has 0 bridgehead atoms. The molecular weight excluding hydrogens is 89.8 g/mol. The molecule has 0 saturated heterocycles. The zero-order chi connectivity index (χ0) is 5.91. The predicted octanol–water partition coefficient (Wildman–Crippen LogP) is 1.28. The first-order valence-corrected chi connectivity index (χ1v) is 3.12. The summed E-state index contributed by atoms with van der Waals surface area (Å²) in [6.45, 7) is 6.41. The molecule has 0 aromatic heterocycles. The molecule has 1 unspecified atom stereocenters. The molecule has 0 aliphatic rings. The first-order valence-electron chi connectivity index (χ1n) is 2.62. The molecular formula is C4H11BP. The number of hydrogen-bond acceptors (Lipinski definition) is 0. The van der Waals surface area contributed by atoms with Crippen LogP contribution in [0, 0.1) is 0 Å². The minimum Gasteiger partial charge on any atom is -0.162 e. The van der Waals surface area contributed by atoms with E-state index in [1.807, 2.05) is 0 Å². The normalized spacial score (nSPS) is 15.5. The molecule has 1 radical (unpaired) electrons. The largest absolute Gasteiger partial charge is 0.162 e. The fourth-order valence-corrected chi connectivity index (χ4v) is 0. The smallest absolute Gasteiger partial charge is 0.121 e. The Labute approximate surface area is 44.2 Å². The van der Waals surface area contributed by atoms with E-state index in [9.17, 15) is 0 Å². The van der Waals surface area contributed by atoms with Gasteiger partial charge < -0.3 is 0 Å². The van der Waals surface area contributed by atoms with Crippen LogP contribution in [-0.2, 0) is 0 Å². The van der Waals surface area contributed by atoms with Crippen molar-refractivity contribution in [3.8, 4) is 0 Å². The highest BCUT2D eigenvalue weighted by molar-refractivity contribution is 7.67.